The van der Waals surface area contributed by atoms with Crippen LogP contribution in [0.25, 0.3) is 0 Å². The summed E-state index contributed by atoms with van der Waals surface area (Å²) in [7, 11) is 1.10. The molecule has 0 amide bonds. The maximum Gasteiger partial charge on any atom is 0.309 e. The van der Waals surface area contributed by atoms with Gasteiger partial charge in [0.2, 0.25) is 0 Å². The highest BCUT2D eigenvalue weighted by atomic mass is 19.2. The number of rotatable bonds is 7. The topological polar surface area (TPSA) is 79.5 Å². The molecule has 1 aromatic rings. The van der Waals surface area contributed by atoms with Gasteiger partial charge in [-0.1, -0.05) is 6.58 Å². The molecule has 0 radical (unpaired) electrons. The number of hydrogen-bond donors (Lipinski definition) is 1. The molecule has 0 aromatic heterocycles. The summed E-state index contributed by atoms with van der Waals surface area (Å²) in [6.07, 6.45) is -1.03. The maximum atomic E-state index is 13.9. The van der Waals surface area contributed by atoms with Crippen molar-refractivity contribution in [2.24, 2.45) is 11.8 Å². The number of carbonyl (C=O) groups excluding carboxylic acids is 1. The van der Waals surface area contributed by atoms with Crippen LogP contribution in [0.5, 0.6) is 0 Å². The van der Waals surface area contributed by atoms with Gasteiger partial charge in [0.05, 0.1) is 41.4 Å². The zero-order valence-electron chi connectivity index (χ0n) is 13.7. The molecule has 2 rings (SSSR count). The van der Waals surface area contributed by atoms with E-state index in [2.05, 4.69) is 11.3 Å². The molecule has 1 aliphatic rings. The molecule has 1 aromatic carbocycles. The van der Waals surface area contributed by atoms with E-state index in [9.17, 15) is 27.5 Å². The number of carbonyl (C=O) groups is 1. The third-order valence-corrected chi connectivity index (χ3v) is 4.14. The Morgan fingerprint density at radius 1 is 1.23 bits per heavy atom. The highest BCUT2D eigenvalue weighted by Gasteiger charge is 2.49. The zero-order valence-corrected chi connectivity index (χ0v) is 13.7. The van der Waals surface area contributed by atoms with Gasteiger partial charge in [0.15, 0.2) is 23.3 Å². The number of ether oxygens (including phenoxy) is 2. The number of hydrogen-bond acceptors (Lipinski definition) is 5. The summed E-state index contributed by atoms with van der Waals surface area (Å²) in [4.78, 5) is 11.9. The second-order valence-corrected chi connectivity index (χ2v) is 5.84. The van der Waals surface area contributed by atoms with Crippen LogP contribution in [0.1, 0.15) is 17.5 Å². The molecular formula is C17H15F4NO4. The molecule has 5 nitrogen and oxygen atoms in total. The van der Waals surface area contributed by atoms with Gasteiger partial charge in [-0.3, -0.25) is 4.79 Å². The SMILES string of the molecule is C=C(C#N)C(O)[C@H]1C[C@@H]1C(=O)OCc1c(F)c(F)c(COC)c(F)c1F. The molecule has 1 fully saturated rings. The normalized spacial score (nSPS) is 19.6. The number of halogens is 4. The van der Waals surface area contributed by atoms with E-state index in [4.69, 9.17) is 10.00 Å². The minimum atomic E-state index is -1.67. The van der Waals surface area contributed by atoms with Crippen molar-refractivity contribution in [1.82, 2.24) is 0 Å². The Morgan fingerprint density at radius 3 is 2.19 bits per heavy atom. The van der Waals surface area contributed by atoms with Crippen LogP contribution in [0, 0.1) is 46.4 Å². The predicted molar refractivity (Wildman–Crippen MR) is 79.1 cm³/mol. The van der Waals surface area contributed by atoms with Gasteiger partial charge in [0, 0.05) is 13.0 Å². The van der Waals surface area contributed by atoms with Gasteiger partial charge >= 0.3 is 5.97 Å². The van der Waals surface area contributed by atoms with Gasteiger partial charge in [-0.05, 0) is 6.42 Å². The van der Waals surface area contributed by atoms with E-state index in [0.29, 0.717) is 0 Å². The molecule has 0 saturated heterocycles. The molecule has 0 aliphatic heterocycles. The Balaban J connectivity index is 2.08. The van der Waals surface area contributed by atoms with Gasteiger partial charge in [-0.25, -0.2) is 17.6 Å². The van der Waals surface area contributed by atoms with Crippen molar-refractivity contribution in [3.8, 4) is 6.07 Å². The van der Waals surface area contributed by atoms with Crippen LogP contribution in [-0.2, 0) is 27.5 Å². The quantitative estimate of drug-likeness (QED) is 0.344. The molecule has 1 saturated carbocycles. The second kappa shape index (κ2) is 7.85. The van der Waals surface area contributed by atoms with Crippen molar-refractivity contribution < 1.29 is 36.9 Å². The van der Waals surface area contributed by atoms with Crippen LogP contribution in [0.4, 0.5) is 17.6 Å². The molecule has 9 heteroatoms. The van der Waals surface area contributed by atoms with Gasteiger partial charge in [0.25, 0.3) is 0 Å². The fraction of sp³-hybridized carbons (Fsp3) is 0.412. The summed E-state index contributed by atoms with van der Waals surface area (Å²) in [5, 5.41) is 18.4. The third kappa shape index (κ3) is 3.71. The van der Waals surface area contributed by atoms with E-state index in [1.54, 1.807) is 6.07 Å². The zero-order chi connectivity index (χ0) is 19.6. The smallest absolute Gasteiger partial charge is 0.309 e. The Kier molecular flexibility index (Phi) is 6.00. The molecular weight excluding hydrogens is 358 g/mol. The highest BCUT2D eigenvalue weighted by Crippen LogP contribution is 2.44. The lowest BCUT2D eigenvalue weighted by Gasteiger charge is -2.12. The lowest BCUT2D eigenvalue weighted by atomic mass is 10.1. The van der Waals surface area contributed by atoms with Gasteiger partial charge < -0.3 is 14.6 Å². The Labute approximate surface area is 146 Å². The molecule has 0 spiro atoms. The standard InChI is InChI=1S/C17H15F4NO4/c1-7(4-22)16(23)8-3-9(8)17(24)26-6-11-14(20)12(18)10(5-25-2)13(19)15(11)21/h8-9,16,23H,1,3,5-6H2,2H3/t8-,9-,16?/m0/s1. The first-order valence-corrected chi connectivity index (χ1v) is 7.50. The number of aliphatic hydroxyl groups is 1. The van der Waals surface area contributed by atoms with E-state index in [1.807, 2.05) is 0 Å². The lowest BCUT2D eigenvalue weighted by molar-refractivity contribution is -0.147. The van der Waals surface area contributed by atoms with Crippen LogP contribution in [0.15, 0.2) is 12.2 Å². The minimum absolute atomic E-state index is 0.125. The summed E-state index contributed by atoms with van der Waals surface area (Å²) >= 11 is 0. The Hall–Kier alpha value is -2.44. The van der Waals surface area contributed by atoms with Crippen LogP contribution in [0.2, 0.25) is 0 Å². The molecule has 1 unspecified atom stereocenters. The number of aliphatic hydroxyl groups excluding tert-OH is 1. The van der Waals surface area contributed by atoms with Gasteiger partial charge in [-0.2, -0.15) is 5.26 Å². The predicted octanol–water partition coefficient (Wildman–Crippen LogP) is 2.51. The second-order valence-electron chi connectivity index (χ2n) is 5.84. The summed E-state index contributed by atoms with van der Waals surface area (Å²) in [5.41, 5.74) is -2.09. The van der Waals surface area contributed by atoms with Crippen LogP contribution in [-0.4, -0.2) is 24.3 Å². The molecule has 26 heavy (non-hydrogen) atoms. The third-order valence-electron chi connectivity index (χ3n) is 4.14. The number of methoxy groups -OCH3 is 1. The highest BCUT2D eigenvalue weighted by molar-refractivity contribution is 5.76. The molecule has 0 heterocycles. The van der Waals surface area contributed by atoms with Crippen molar-refractivity contribution in [2.45, 2.75) is 25.7 Å². The molecule has 3 atom stereocenters. The van der Waals surface area contributed by atoms with Crippen LogP contribution >= 0.6 is 0 Å². The van der Waals surface area contributed by atoms with E-state index >= 15 is 0 Å². The van der Waals surface area contributed by atoms with Crippen molar-refractivity contribution in [3.63, 3.8) is 0 Å². The van der Waals surface area contributed by atoms with Gasteiger partial charge in [0.1, 0.15) is 6.61 Å². The average molecular weight is 373 g/mol. The maximum absolute atomic E-state index is 13.9. The van der Waals surface area contributed by atoms with Crippen molar-refractivity contribution in [1.29, 1.82) is 5.26 Å². The number of nitriles is 1. The van der Waals surface area contributed by atoms with E-state index in [-0.39, 0.29) is 12.0 Å². The number of benzene rings is 1. The number of nitrogens with zero attached hydrogens (tertiary/aromatic N) is 1. The average Bonchev–Trinajstić information content (AvgIpc) is 3.43. The largest absolute Gasteiger partial charge is 0.460 e. The van der Waals surface area contributed by atoms with E-state index < -0.39 is 71.5 Å². The Bertz CT molecular complexity index is 761. The van der Waals surface area contributed by atoms with Crippen LogP contribution < -0.4 is 0 Å². The molecule has 140 valence electrons. The monoisotopic (exact) mass is 373 g/mol. The summed E-state index contributed by atoms with van der Waals surface area (Å²) in [6, 6.07) is 1.66. The van der Waals surface area contributed by atoms with E-state index in [0.717, 1.165) is 7.11 Å². The molecule has 1 aliphatic carbocycles. The first-order chi connectivity index (χ1) is 12.2. The van der Waals surface area contributed by atoms with Crippen molar-refractivity contribution in [3.05, 3.63) is 46.5 Å². The van der Waals surface area contributed by atoms with Crippen LogP contribution in [0.3, 0.4) is 0 Å². The minimum Gasteiger partial charge on any atom is -0.460 e. The van der Waals surface area contributed by atoms with Crippen molar-refractivity contribution in [2.75, 3.05) is 7.11 Å². The fourth-order valence-corrected chi connectivity index (χ4v) is 2.53. The van der Waals surface area contributed by atoms with Crippen molar-refractivity contribution >= 4 is 5.97 Å². The summed E-state index contributed by atoms with van der Waals surface area (Å²) < 4.78 is 64.7. The summed E-state index contributed by atoms with van der Waals surface area (Å²) in [6.45, 7) is 1.64. The van der Waals surface area contributed by atoms with Gasteiger partial charge in [-0.15, -0.1) is 0 Å². The fourth-order valence-electron chi connectivity index (χ4n) is 2.53. The Morgan fingerprint density at radius 2 is 1.73 bits per heavy atom. The molecule has 1 N–H and O–H groups in total. The first kappa shape index (κ1) is 19.9. The lowest BCUT2D eigenvalue weighted by Crippen LogP contribution is -2.18. The first-order valence-electron chi connectivity index (χ1n) is 7.50. The molecule has 0 bridgehead atoms. The summed E-state index contributed by atoms with van der Waals surface area (Å²) in [5.74, 6) is -8.88. The number of esters is 1. The van der Waals surface area contributed by atoms with E-state index in [1.165, 1.54) is 0 Å².